The lowest BCUT2D eigenvalue weighted by atomic mass is 10.1. The number of thioether (sulfide) groups is 1. The van der Waals surface area contributed by atoms with Gasteiger partial charge >= 0.3 is 5.97 Å². The summed E-state index contributed by atoms with van der Waals surface area (Å²) in [4.78, 5) is 23.2. The molecule has 0 heterocycles. The van der Waals surface area contributed by atoms with E-state index in [9.17, 15) is 9.59 Å². The summed E-state index contributed by atoms with van der Waals surface area (Å²) < 4.78 is 0.997. The van der Waals surface area contributed by atoms with Gasteiger partial charge in [0.25, 0.3) is 5.91 Å². The van der Waals surface area contributed by atoms with Crippen molar-refractivity contribution in [2.75, 3.05) is 18.6 Å². The molecule has 8 heteroatoms. The third-order valence-corrected chi connectivity index (χ3v) is 4.74. The summed E-state index contributed by atoms with van der Waals surface area (Å²) in [6.07, 6.45) is 4.19. The van der Waals surface area contributed by atoms with Crippen LogP contribution in [0.4, 0.5) is 0 Å². The number of hydrogen-bond donors (Lipinski definition) is 3. The molecule has 0 spiro atoms. The zero-order valence-corrected chi connectivity index (χ0v) is 16.2. The van der Waals surface area contributed by atoms with Crippen molar-refractivity contribution in [3.63, 3.8) is 0 Å². The highest BCUT2D eigenvalue weighted by Gasteiger charge is 2.21. The Balaban J connectivity index is 2.57. The Kier molecular flexibility index (Phi) is 9.73. The van der Waals surface area contributed by atoms with Crippen molar-refractivity contribution in [1.29, 1.82) is 5.26 Å². The van der Waals surface area contributed by atoms with Gasteiger partial charge < -0.3 is 15.7 Å². The maximum Gasteiger partial charge on any atom is 0.326 e. The van der Waals surface area contributed by atoms with E-state index in [1.54, 1.807) is 6.07 Å². The lowest BCUT2D eigenvalue weighted by Gasteiger charge is -2.13. The van der Waals surface area contributed by atoms with Gasteiger partial charge in [0, 0.05) is 17.2 Å². The number of amides is 1. The first-order valence-corrected chi connectivity index (χ1v) is 9.78. The van der Waals surface area contributed by atoms with Crippen molar-refractivity contribution < 1.29 is 14.7 Å². The third kappa shape index (κ3) is 7.63. The Labute approximate surface area is 159 Å². The summed E-state index contributed by atoms with van der Waals surface area (Å²) in [5.41, 5.74) is 0.955. The minimum Gasteiger partial charge on any atom is -0.480 e. The molecule has 0 bridgehead atoms. The number of carbonyl (C=O) groups excluding carboxylic acids is 1. The number of nitriles is 1. The van der Waals surface area contributed by atoms with E-state index in [1.807, 2.05) is 30.5 Å². The van der Waals surface area contributed by atoms with E-state index in [2.05, 4.69) is 26.6 Å². The van der Waals surface area contributed by atoms with Crippen molar-refractivity contribution >= 4 is 39.6 Å². The third-order valence-electron chi connectivity index (χ3n) is 3.32. The molecular weight excluding hydrogens is 406 g/mol. The minimum atomic E-state index is -1.11. The first kappa shape index (κ1) is 21.1. The summed E-state index contributed by atoms with van der Waals surface area (Å²) in [6.45, 7) is 0.538. The Morgan fingerprint density at radius 3 is 2.76 bits per heavy atom. The van der Waals surface area contributed by atoms with Gasteiger partial charge in [-0.15, -0.1) is 0 Å². The van der Waals surface area contributed by atoms with E-state index in [4.69, 9.17) is 10.4 Å². The molecule has 0 fully saturated rings. The maximum atomic E-state index is 12.1. The molecule has 1 amide bonds. The fraction of sp³-hybridized carbons (Fsp3) is 0.353. The second-order valence-electron chi connectivity index (χ2n) is 5.11. The van der Waals surface area contributed by atoms with Gasteiger partial charge in [-0.05, 0) is 36.5 Å². The van der Waals surface area contributed by atoms with Crippen LogP contribution in [0.1, 0.15) is 12.0 Å². The Hall–Kier alpha value is -1.98. The number of halogens is 1. The van der Waals surface area contributed by atoms with Crippen molar-refractivity contribution in [1.82, 2.24) is 10.6 Å². The average Bonchev–Trinajstić information content (AvgIpc) is 2.59. The number of rotatable bonds is 10. The van der Waals surface area contributed by atoms with Gasteiger partial charge in [0.15, 0.2) is 0 Å². The Morgan fingerprint density at radius 2 is 2.16 bits per heavy atom. The summed E-state index contributed by atoms with van der Waals surface area (Å²) >= 11 is 4.95. The van der Waals surface area contributed by atoms with Crippen LogP contribution in [0.2, 0.25) is 0 Å². The Bertz CT molecular complexity index is 673. The van der Waals surface area contributed by atoms with Crippen LogP contribution < -0.4 is 10.6 Å². The topological polar surface area (TPSA) is 102 Å². The van der Waals surface area contributed by atoms with Crippen molar-refractivity contribution in [2.45, 2.75) is 18.9 Å². The number of benzene rings is 1. The summed E-state index contributed by atoms with van der Waals surface area (Å²) in [5, 5.41) is 23.5. The molecule has 0 radical (unpaired) electrons. The Morgan fingerprint density at radius 1 is 1.44 bits per heavy atom. The molecule has 6 nitrogen and oxygen atoms in total. The normalized spacial score (nSPS) is 12.1. The molecule has 0 aliphatic carbocycles. The fourth-order valence-electron chi connectivity index (χ4n) is 1.96. The number of nitrogens with zero attached hydrogens (tertiary/aromatic N) is 1. The summed E-state index contributed by atoms with van der Waals surface area (Å²) in [6, 6.07) is 8.58. The smallest absolute Gasteiger partial charge is 0.326 e. The maximum absolute atomic E-state index is 12.1. The first-order chi connectivity index (χ1) is 12.0. The molecule has 0 aliphatic heterocycles. The van der Waals surface area contributed by atoms with Gasteiger partial charge in [-0.1, -0.05) is 34.1 Å². The van der Waals surface area contributed by atoms with Crippen molar-refractivity contribution in [3.05, 3.63) is 46.1 Å². The van der Waals surface area contributed by atoms with E-state index in [-0.39, 0.29) is 5.57 Å². The highest BCUT2D eigenvalue weighted by molar-refractivity contribution is 9.10. The molecule has 25 heavy (non-hydrogen) atoms. The molecule has 1 rings (SSSR count). The molecule has 1 aromatic carbocycles. The number of hydrogen-bond acceptors (Lipinski definition) is 5. The zero-order chi connectivity index (χ0) is 18.7. The van der Waals surface area contributed by atoms with Crippen LogP contribution in [0.15, 0.2) is 40.5 Å². The van der Waals surface area contributed by atoms with Crippen LogP contribution in [0.5, 0.6) is 0 Å². The van der Waals surface area contributed by atoms with Crippen LogP contribution >= 0.6 is 27.7 Å². The lowest BCUT2D eigenvalue weighted by Crippen LogP contribution is -2.41. The largest absolute Gasteiger partial charge is 0.480 e. The van der Waals surface area contributed by atoms with Gasteiger partial charge in [-0.2, -0.15) is 17.0 Å². The molecule has 1 atom stereocenters. The van der Waals surface area contributed by atoms with Gasteiger partial charge in [0.2, 0.25) is 0 Å². The molecule has 134 valence electrons. The van der Waals surface area contributed by atoms with E-state index < -0.39 is 17.9 Å². The molecule has 0 saturated carbocycles. The average molecular weight is 426 g/mol. The van der Waals surface area contributed by atoms with Gasteiger partial charge in [0.05, 0.1) is 0 Å². The summed E-state index contributed by atoms with van der Waals surface area (Å²) in [7, 11) is 0. The number of nitrogens with one attached hydrogen (secondary N) is 2. The zero-order valence-electron chi connectivity index (χ0n) is 13.8. The number of carbonyl (C=O) groups is 2. The SMILES string of the molecule is CSCCC(NC(=O)/C(C#N)=C\NCCc1ccccc1Br)C(=O)O. The van der Waals surface area contributed by atoms with E-state index in [0.29, 0.717) is 25.1 Å². The molecule has 3 N–H and O–H groups in total. The summed E-state index contributed by atoms with van der Waals surface area (Å²) in [5.74, 6) is -1.20. The highest BCUT2D eigenvalue weighted by atomic mass is 79.9. The van der Waals surface area contributed by atoms with Crippen molar-refractivity contribution in [2.24, 2.45) is 0 Å². The predicted molar refractivity (Wildman–Crippen MR) is 102 cm³/mol. The monoisotopic (exact) mass is 425 g/mol. The minimum absolute atomic E-state index is 0.150. The van der Waals surface area contributed by atoms with Crippen LogP contribution in [-0.4, -0.2) is 41.6 Å². The first-order valence-electron chi connectivity index (χ1n) is 7.59. The number of carboxylic acids is 1. The van der Waals surface area contributed by atoms with Crippen LogP contribution in [-0.2, 0) is 16.0 Å². The molecule has 1 unspecified atom stereocenters. The highest BCUT2D eigenvalue weighted by Crippen LogP contribution is 2.15. The predicted octanol–water partition coefficient (Wildman–Crippen LogP) is 2.31. The standard InChI is InChI=1S/C17H20BrN3O3S/c1-25-9-7-15(17(23)24)21-16(22)13(10-19)11-20-8-6-12-4-2-3-5-14(12)18/h2-5,11,15,20H,6-9H2,1H3,(H,21,22)(H,23,24)/b13-11-. The number of carboxylic acid groups (broad SMARTS) is 1. The molecule has 1 aromatic rings. The van der Waals surface area contributed by atoms with Crippen LogP contribution in [0.3, 0.4) is 0 Å². The van der Waals surface area contributed by atoms with Crippen molar-refractivity contribution in [3.8, 4) is 6.07 Å². The van der Waals surface area contributed by atoms with Crippen LogP contribution in [0.25, 0.3) is 0 Å². The van der Waals surface area contributed by atoms with E-state index >= 15 is 0 Å². The van der Waals surface area contributed by atoms with E-state index in [0.717, 1.165) is 10.0 Å². The second-order valence-corrected chi connectivity index (χ2v) is 6.95. The quantitative estimate of drug-likeness (QED) is 0.302. The van der Waals surface area contributed by atoms with Gasteiger partial charge in [-0.25, -0.2) is 4.79 Å². The fourth-order valence-corrected chi connectivity index (χ4v) is 2.91. The number of aliphatic carboxylic acids is 1. The molecule has 0 aromatic heterocycles. The lowest BCUT2D eigenvalue weighted by molar-refractivity contribution is -0.141. The molecule has 0 saturated heterocycles. The molecule has 0 aliphatic rings. The van der Waals surface area contributed by atoms with Gasteiger partial charge in [-0.3, -0.25) is 4.79 Å². The molecular formula is C17H20BrN3O3S. The van der Waals surface area contributed by atoms with Crippen LogP contribution in [0, 0.1) is 11.3 Å². The second kappa shape index (κ2) is 11.6. The van der Waals surface area contributed by atoms with Gasteiger partial charge in [0.1, 0.15) is 17.7 Å². The van der Waals surface area contributed by atoms with E-state index in [1.165, 1.54) is 18.0 Å².